The number of rotatable bonds is 2. The Bertz CT molecular complexity index is 437. The van der Waals surface area contributed by atoms with Crippen LogP contribution in [0, 0.1) is 0 Å². The van der Waals surface area contributed by atoms with Crippen LogP contribution in [-0.4, -0.2) is 55.0 Å². The van der Waals surface area contributed by atoms with Crippen molar-refractivity contribution in [2.75, 3.05) is 27.2 Å². The van der Waals surface area contributed by atoms with Gasteiger partial charge in [0.1, 0.15) is 0 Å². The van der Waals surface area contributed by atoms with Gasteiger partial charge in [-0.1, -0.05) is 6.07 Å². The zero-order valence-corrected chi connectivity index (χ0v) is 12.1. The fraction of sp³-hybridized carbons (Fsp3) is 0.538. The summed E-state index contributed by atoms with van der Waals surface area (Å²) < 4.78 is 0. The van der Waals surface area contributed by atoms with E-state index in [9.17, 15) is 9.59 Å². The van der Waals surface area contributed by atoms with Crippen molar-refractivity contribution in [2.45, 2.75) is 18.9 Å². The number of thiophene rings is 1. The summed E-state index contributed by atoms with van der Waals surface area (Å²) in [4.78, 5) is 27.9. The number of hydrogen-bond donors (Lipinski definition) is 1. The minimum atomic E-state index is -0.0666. The molecule has 6 heteroatoms. The molecule has 0 aliphatic carbocycles. The third-order valence-electron chi connectivity index (χ3n) is 3.25. The Morgan fingerprint density at radius 2 is 2.05 bits per heavy atom. The van der Waals surface area contributed by atoms with Gasteiger partial charge in [-0.25, -0.2) is 4.79 Å². The van der Waals surface area contributed by atoms with Crippen LogP contribution in [-0.2, 0) is 0 Å². The van der Waals surface area contributed by atoms with E-state index in [2.05, 4.69) is 5.32 Å². The Balaban J connectivity index is 1.82. The van der Waals surface area contributed by atoms with Gasteiger partial charge in [0.15, 0.2) is 0 Å². The molecule has 0 saturated carbocycles. The molecule has 0 radical (unpaired) electrons. The molecule has 0 bridgehead atoms. The lowest BCUT2D eigenvalue weighted by Gasteiger charge is -2.32. The summed E-state index contributed by atoms with van der Waals surface area (Å²) in [5, 5.41) is 4.88. The van der Waals surface area contributed by atoms with Gasteiger partial charge in [0.2, 0.25) is 0 Å². The quantitative estimate of drug-likeness (QED) is 0.895. The monoisotopic (exact) mass is 281 g/mol. The highest BCUT2D eigenvalue weighted by Crippen LogP contribution is 2.17. The Morgan fingerprint density at radius 3 is 2.58 bits per heavy atom. The number of likely N-dealkylation sites (tertiary alicyclic amines) is 1. The minimum Gasteiger partial charge on any atom is -0.338 e. The Hall–Kier alpha value is -1.56. The van der Waals surface area contributed by atoms with Crippen LogP contribution in [0.15, 0.2) is 17.5 Å². The minimum absolute atomic E-state index is 0.0666. The molecule has 2 rings (SSSR count). The normalized spacial score (nSPS) is 16.2. The molecule has 1 aromatic heterocycles. The first-order valence-electron chi connectivity index (χ1n) is 6.38. The van der Waals surface area contributed by atoms with Crippen LogP contribution in [0.5, 0.6) is 0 Å². The molecule has 0 atom stereocenters. The number of carbonyl (C=O) groups is 2. The van der Waals surface area contributed by atoms with E-state index < -0.39 is 0 Å². The molecule has 1 N–H and O–H groups in total. The van der Waals surface area contributed by atoms with Crippen LogP contribution in [0.3, 0.4) is 0 Å². The molecule has 0 aromatic carbocycles. The average Bonchev–Trinajstić information content (AvgIpc) is 2.92. The predicted molar refractivity (Wildman–Crippen MR) is 75.5 cm³/mol. The number of carbonyl (C=O) groups excluding carboxylic acids is 2. The molecule has 19 heavy (non-hydrogen) atoms. The summed E-state index contributed by atoms with van der Waals surface area (Å²) in [6.07, 6.45) is 1.63. The van der Waals surface area contributed by atoms with Gasteiger partial charge in [0, 0.05) is 33.2 Å². The van der Waals surface area contributed by atoms with E-state index in [0.29, 0.717) is 13.1 Å². The molecule has 1 aromatic rings. The van der Waals surface area contributed by atoms with E-state index >= 15 is 0 Å². The maximum atomic E-state index is 12.1. The molecule has 1 fully saturated rings. The Labute approximate surface area is 117 Å². The number of nitrogens with one attached hydrogen (secondary N) is 1. The standard InChI is InChI=1S/C13H19N3O2S/c1-15(2)13(18)14-10-5-7-16(8-6-10)12(17)11-4-3-9-19-11/h3-4,9-10H,5-8H2,1-2H3,(H,14,18). The summed E-state index contributed by atoms with van der Waals surface area (Å²) in [5.41, 5.74) is 0. The molecular weight excluding hydrogens is 262 g/mol. The lowest BCUT2D eigenvalue weighted by molar-refractivity contribution is 0.0712. The molecule has 104 valence electrons. The molecule has 0 unspecified atom stereocenters. The van der Waals surface area contributed by atoms with Crippen molar-refractivity contribution < 1.29 is 9.59 Å². The van der Waals surface area contributed by atoms with Gasteiger partial charge in [-0.05, 0) is 24.3 Å². The lowest BCUT2D eigenvalue weighted by atomic mass is 10.1. The van der Waals surface area contributed by atoms with Gasteiger partial charge in [0.25, 0.3) is 5.91 Å². The number of urea groups is 1. The highest BCUT2D eigenvalue weighted by molar-refractivity contribution is 7.12. The molecular formula is C13H19N3O2S. The Morgan fingerprint density at radius 1 is 1.37 bits per heavy atom. The van der Waals surface area contributed by atoms with E-state index in [4.69, 9.17) is 0 Å². The van der Waals surface area contributed by atoms with Gasteiger partial charge < -0.3 is 15.1 Å². The largest absolute Gasteiger partial charge is 0.338 e. The first kappa shape index (κ1) is 13.9. The predicted octanol–water partition coefficient (Wildman–Crippen LogP) is 1.62. The smallest absolute Gasteiger partial charge is 0.317 e. The maximum absolute atomic E-state index is 12.1. The fourth-order valence-corrected chi connectivity index (χ4v) is 2.78. The van der Waals surface area contributed by atoms with Crippen molar-refractivity contribution in [1.29, 1.82) is 0 Å². The average molecular weight is 281 g/mol. The number of amides is 3. The third kappa shape index (κ3) is 3.47. The van der Waals surface area contributed by atoms with Crippen LogP contribution in [0.25, 0.3) is 0 Å². The maximum Gasteiger partial charge on any atom is 0.317 e. The van der Waals surface area contributed by atoms with Gasteiger partial charge in [0.05, 0.1) is 4.88 Å². The van der Waals surface area contributed by atoms with Crippen LogP contribution in [0.2, 0.25) is 0 Å². The van der Waals surface area contributed by atoms with Crippen LogP contribution in [0.4, 0.5) is 4.79 Å². The highest BCUT2D eigenvalue weighted by Gasteiger charge is 2.25. The zero-order valence-electron chi connectivity index (χ0n) is 11.3. The van der Waals surface area contributed by atoms with E-state index in [1.807, 2.05) is 22.4 Å². The number of nitrogens with zero attached hydrogens (tertiary/aromatic N) is 2. The second-order valence-electron chi connectivity index (χ2n) is 4.89. The summed E-state index contributed by atoms with van der Waals surface area (Å²) in [7, 11) is 3.45. The molecule has 1 aliphatic heterocycles. The van der Waals surface area contributed by atoms with E-state index in [0.717, 1.165) is 17.7 Å². The highest BCUT2D eigenvalue weighted by atomic mass is 32.1. The fourth-order valence-electron chi connectivity index (χ4n) is 2.09. The molecule has 3 amide bonds. The van der Waals surface area contributed by atoms with E-state index in [1.165, 1.54) is 16.2 Å². The number of piperidine rings is 1. The van der Waals surface area contributed by atoms with Gasteiger partial charge >= 0.3 is 6.03 Å². The van der Waals surface area contributed by atoms with Gasteiger partial charge in [-0.2, -0.15) is 0 Å². The first-order chi connectivity index (χ1) is 9.08. The van der Waals surface area contributed by atoms with Crippen LogP contribution >= 0.6 is 11.3 Å². The third-order valence-corrected chi connectivity index (χ3v) is 4.11. The second kappa shape index (κ2) is 6.06. The molecule has 2 heterocycles. The van der Waals surface area contributed by atoms with Crippen LogP contribution in [0.1, 0.15) is 22.5 Å². The Kier molecular flexibility index (Phi) is 4.42. The van der Waals surface area contributed by atoms with Gasteiger partial charge in [-0.3, -0.25) is 4.79 Å². The van der Waals surface area contributed by atoms with Crippen LogP contribution < -0.4 is 5.32 Å². The SMILES string of the molecule is CN(C)C(=O)NC1CCN(C(=O)c2cccs2)CC1. The summed E-state index contributed by atoms with van der Waals surface area (Å²) in [6, 6.07) is 3.85. The molecule has 1 aliphatic rings. The molecule has 1 saturated heterocycles. The topological polar surface area (TPSA) is 52.7 Å². The summed E-state index contributed by atoms with van der Waals surface area (Å²) in [5.74, 6) is 0.104. The lowest BCUT2D eigenvalue weighted by Crippen LogP contribution is -2.48. The van der Waals surface area contributed by atoms with Crippen molar-refractivity contribution >= 4 is 23.3 Å². The van der Waals surface area contributed by atoms with Crippen molar-refractivity contribution in [1.82, 2.24) is 15.1 Å². The van der Waals surface area contributed by atoms with Crippen molar-refractivity contribution in [3.63, 3.8) is 0 Å². The molecule has 5 nitrogen and oxygen atoms in total. The summed E-state index contributed by atoms with van der Waals surface area (Å²) >= 11 is 1.47. The zero-order chi connectivity index (χ0) is 13.8. The van der Waals surface area contributed by atoms with Gasteiger partial charge in [-0.15, -0.1) is 11.3 Å². The second-order valence-corrected chi connectivity index (χ2v) is 5.84. The van der Waals surface area contributed by atoms with Crippen molar-refractivity contribution in [3.8, 4) is 0 Å². The first-order valence-corrected chi connectivity index (χ1v) is 7.26. The molecule has 0 spiro atoms. The number of hydrogen-bond acceptors (Lipinski definition) is 3. The van der Waals surface area contributed by atoms with E-state index in [-0.39, 0.29) is 18.0 Å². The van der Waals surface area contributed by atoms with Crippen molar-refractivity contribution in [3.05, 3.63) is 22.4 Å². The summed E-state index contributed by atoms with van der Waals surface area (Å²) in [6.45, 7) is 1.41. The van der Waals surface area contributed by atoms with E-state index in [1.54, 1.807) is 14.1 Å². The van der Waals surface area contributed by atoms with Crippen molar-refractivity contribution in [2.24, 2.45) is 0 Å².